The van der Waals surface area contributed by atoms with Crippen LogP contribution in [0.15, 0.2) is 34.8 Å². The second-order valence-corrected chi connectivity index (χ2v) is 3.78. The molecule has 0 bridgehead atoms. The van der Waals surface area contributed by atoms with Crippen LogP contribution in [0.5, 0.6) is 0 Å². The first kappa shape index (κ1) is 8.02. The number of hydrogen-bond acceptors (Lipinski definition) is 1. The summed E-state index contributed by atoms with van der Waals surface area (Å²) in [6.07, 6.45) is 2.24. The Morgan fingerprint density at radius 1 is 1.17 bits per heavy atom. The van der Waals surface area contributed by atoms with Gasteiger partial charge in [-0.1, -0.05) is 34.1 Å². The Bertz CT molecular complexity index is 300. The van der Waals surface area contributed by atoms with Crippen molar-refractivity contribution in [1.29, 1.82) is 0 Å². The first-order valence-corrected chi connectivity index (χ1v) is 4.81. The maximum atomic E-state index is 3.42. The van der Waals surface area contributed by atoms with Crippen LogP contribution in [0.25, 0.3) is 5.57 Å². The standard InChI is InChI=1S/C10H10BrN/c11-10-3-1-8(2-4-10)9-5-6-12-7-9/h1-5,12H,6-7H2. The van der Waals surface area contributed by atoms with E-state index in [1.807, 2.05) is 0 Å². The molecule has 0 saturated heterocycles. The minimum atomic E-state index is 1.00. The van der Waals surface area contributed by atoms with Crippen molar-refractivity contribution in [1.82, 2.24) is 5.32 Å². The van der Waals surface area contributed by atoms with Crippen LogP contribution < -0.4 is 5.32 Å². The lowest BCUT2D eigenvalue weighted by Crippen LogP contribution is -2.07. The van der Waals surface area contributed by atoms with Gasteiger partial charge in [-0.3, -0.25) is 0 Å². The average Bonchev–Trinajstić information content (AvgIpc) is 2.58. The van der Waals surface area contributed by atoms with E-state index in [1.165, 1.54) is 11.1 Å². The number of rotatable bonds is 1. The number of benzene rings is 1. The molecule has 1 nitrogen and oxygen atoms in total. The summed E-state index contributed by atoms with van der Waals surface area (Å²) in [6.45, 7) is 2.01. The highest BCUT2D eigenvalue weighted by Gasteiger charge is 2.04. The van der Waals surface area contributed by atoms with Crippen molar-refractivity contribution in [3.8, 4) is 0 Å². The lowest BCUT2D eigenvalue weighted by atomic mass is 10.1. The van der Waals surface area contributed by atoms with E-state index in [0.717, 1.165) is 17.6 Å². The molecule has 0 saturated carbocycles. The topological polar surface area (TPSA) is 12.0 Å². The molecular formula is C10H10BrN. The zero-order chi connectivity index (χ0) is 8.39. The second kappa shape index (κ2) is 3.42. The zero-order valence-corrected chi connectivity index (χ0v) is 8.26. The Morgan fingerprint density at radius 3 is 2.50 bits per heavy atom. The molecule has 0 amide bonds. The van der Waals surface area contributed by atoms with Gasteiger partial charge in [0, 0.05) is 17.6 Å². The molecule has 2 rings (SSSR count). The molecule has 0 unspecified atom stereocenters. The summed E-state index contributed by atoms with van der Waals surface area (Å²) in [5.74, 6) is 0. The van der Waals surface area contributed by atoms with Gasteiger partial charge in [0.1, 0.15) is 0 Å². The Balaban J connectivity index is 2.28. The molecule has 0 radical (unpaired) electrons. The normalized spacial score (nSPS) is 16.2. The van der Waals surface area contributed by atoms with Crippen molar-refractivity contribution >= 4 is 21.5 Å². The van der Waals surface area contributed by atoms with Crippen LogP contribution in [-0.4, -0.2) is 13.1 Å². The Labute approximate surface area is 80.6 Å². The summed E-state index contributed by atoms with van der Waals surface area (Å²) in [5, 5.41) is 3.28. The second-order valence-electron chi connectivity index (χ2n) is 2.87. The first-order chi connectivity index (χ1) is 5.86. The van der Waals surface area contributed by atoms with Crippen molar-refractivity contribution < 1.29 is 0 Å². The molecule has 1 heterocycles. The van der Waals surface area contributed by atoms with Crippen LogP contribution in [0.4, 0.5) is 0 Å². The maximum absolute atomic E-state index is 3.42. The highest BCUT2D eigenvalue weighted by Crippen LogP contribution is 2.18. The largest absolute Gasteiger partial charge is 0.309 e. The smallest absolute Gasteiger partial charge is 0.0211 e. The third-order valence-electron chi connectivity index (χ3n) is 2.02. The molecule has 12 heavy (non-hydrogen) atoms. The van der Waals surface area contributed by atoms with Gasteiger partial charge in [-0.15, -0.1) is 0 Å². The molecule has 0 fully saturated rings. The average molecular weight is 224 g/mol. The van der Waals surface area contributed by atoms with E-state index >= 15 is 0 Å². The Kier molecular flexibility index (Phi) is 2.28. The van der Waals surface area contributed by atoms with Crippen molar-refractivity contribution in [2.24, 2.45) is 0 Å². The molecule has 1 aliphatic rings. The quantitative estimate of drug-likeness (QED) is 0.772. The fraction of sp³-hybridized carbons (Fsp3) is 0.200. The van der Waals surface area contributed by atoms with Gasteiger partial charge in [0.2, 0.25) is 0 Å². The SMILES string of the molecule is Brc1ccc(C2=CCNC2)cc1. The monoisotopic (exact) mass is 223 g/mol. The first-order valence-electron chi connectivity index (χ1n) is 4.02. The Morgan fingerprint density at radius 2 is 1.92 bits per heavy atom. The van der Waals surface area contributed by atoms with E-state index in [2.05, 4.69) is 51.6 Å². The fourth-order valence-corrected chi connectivity index (χ4v) is 1.62. The van der Waals surface area contributed by atoms with E-state index < -0.39 is 0 Å². The van der Waals surface area contributed by atoms with Gasteiger partial charge in [0.15, 0.2) is 0 Å². The van der Waals surface area contributed by atoms with Gasteiger partial charge < -0.3 is 5.32 Å². The van der Waals surface area contributed by atoms with Gasteiger partial charge >= 0.3 is 0 Å². The molecule has 0 aromatic heterocycles. The minimum Gasteiger partial charge on any atom is -0.309 e. The van der Waals surface area contributed by atoms with Gasteiger partial charge in [0.05, 0.1) is 0 Å². The molecule has 0 aliphatic carbocycles. The van der Waals surface area contributed by atoms with Crippen molar-refractivity contribution in [2.75, 3.05) is 13.1 Å². The van der Waals surface area contributed by atoms with Crippen LogP contribution >= 0.6 is 15.9 Å². The lowest BCUT2D eigenvalue weighted by molar-refractivity contribution is 0.897. The van der Waals surface area contributed by atoms with Crippen molar-refractivity contribution in [2.45, 2.75) is 0 Å². The van der Waals surface area contributed by atoms with Gasteiger partial charge in [-0.2, -0.15) is 0 Å². The summed E-state index contributed by atoms with van der Waals surface area (Å²) < 4.78 is 1.14. The van der Waals surface area contributed by atoms with E-state index in [-0.39, 0.29) is 0 Å². The fourth-order valence-electron chi connectivity index (χ4n) is 1.36. The lowest BCUT2D eigenvalue weighted by Gasteiger charge is -2.00. The minimum absolute atomic E-state index is 1.00. The highest BCUT2D eigenvalue weighted by atomic mass is 79.9. The summed E-state index contributed by atoms with van der Waals surface area (Å²) >= 11 is 3.42. The number of nitrogens with one attached hydrogen (secondary N) is 1. The predicted octanol–water partition coefficient (Wildman–Crippen LogP) is 2.44. The van der Waals surface area contributed by atoms with Crippen LogP contribution in [0, 0.1) is 0 Å². The van der Waals surface area contributed by atoms with Crippen LogP contribution in [0.3, 0.4) is 0 Å². The summed E-state index contributed by atoms with van der Waals surface area (Å²) in [5.41, 5.74) is 2.73. The van der Waals surface area contributed by atoms with Crippen LogP contribution in [-0.2, 0) is 0 Å². The van der Waals surface area contributed by atoms with Crippen LogP contribution in [0.2, 0.25) is 0 Å². The Hall–Kier alpha value is -0.600. The van der Waals surface area contributed by atoms with Crippen molar-refractivity contribution in [3.05, 3.63) is 40.4 Å². The summed E-state index contributed by atoms with van der Waals surface area (Å²) in [4.78, 5) is 0. The molecule has 1 aliphatic heterocycles. The molecule has 2 heteroatoms. The molecule has 0 atom stereocenters. The van der Waals surface area contributed by atoms with E-state index in [9.17, 15) is 0 Å². The summed E-state index contributed by atoms with van der Waals surface area (Å²) in [6, 6.07) is 8.44. The zero-order valence-electron chi connectivity index (χ0n) is 6.68. The maximum Gasteiger partial charge on any atom is 0.0211 e. The number of halogens is 1. The third-order valence-corrected chi connectivity index (χ3v) is 2.55. The third kappa shape index (κ3) is 1.59. The molecule has 62 valence electrons. The van der Waals surface area contributed by atoms with Crippen molar-refractivity contribution in [3.63, 3.8) is 0 Å². The molecular weight excluding hydrogens is 214 g/mol. The van der Waals surface area contributed by atoms with Gasteiger partial charge in [-0.25, -0.2) is 0 Å². The summed E-state index contributed by atoms with van der Waals surface area (Å²) in [7, 11) is 0. The molecule has 1 N–H and O–H groups in total. The molecule has 1 aromatic carbocycles. The van der Waals surface area contributed by atoms with Gasteiger partial charge in [0.25, 0.3) is 0 Å². The van der Waals surface area contributed by atoms with E-state index in [0.29, 0.717) is 0 Å². The van der Waals surface area contributed by atoms with Gasteiger partial charge in [-0.05, 0) is 23.3 Å². The highest BCUT2D eigenvalue weighted by molar-refractivity contribution is 9.10. The van der Waals surface area contributed by atoms with E-state index in [1.54, 1.807) is 0 Å². The van der Waals surface area contributed by atoms with E-state index in [4.69, 9.17) is 0 Å². The predicted molar refractivity (Wildman–Crippen MR) is 55.0 cm³/mol. The van der Waals surface area contributed by atoms with Crippen LogP contribution in [0.1, 0.15) is 5.56 Å². The number of hydrogen-bond donors (Lipinski definition) is 1. The molecule has 0 spiro atoms. The molecule has 1 aromatic rings.